The highest BCUT2D eigenvalue weighted by Gasteiger charge is 2.27. The molecule has 2 aromatic heterocycles. The number of hydrogen-bond donors (Lipinski definition) is 0. The lowest BCUT2D eigenvalue weighted by molar-refractivity contribution is 0.241. The van der Waals surface area contributed by atoms with Crippen molar-refractivity contribution in [1.29, 1.82) is 0 Å². The quantitative estimate of drug-likeness (QED) is 0.734. The van der Waals surface area contributed by atoms with Crippen LogP contribution in [0.25, 0.3) is 5.82 Å². The van der Waals surface area contributed by atoms with Crippen molar-refractivity contribution in [1.82, 2.24) is 19.4 Å². The Bertz CT molecular complexity index is 816. The van der Waals surface area contributed by atoms with Gasteiger partial charge in [-0.05, 0) is 37.6 Å². The number of aromatic nitrogens is 3. The van der Waals surface area contributed by atoms with E-state index in [1.807, 2.05) is 35.0 Å². The van der Waals surface area contributed by atoms with Crippen LogP contribution in [0.2, 0.25) is 0 Å². The lowest BCUT2D eigenvalue weighted by Crippen LogP contribution is -2.24. The maximum atomic E-state index is 14.0. The van der Waals surface area contributed by atoms with Crippen molar-refractivity contribution in [3.8, 4) is 5.82 Å². The highest BCUT2D eigenvalue weighted by molar-refractivity contribution is 5.26. The van der Waals surface area contributed by atoms with Crippen LogP contribution in [0, 0.1) is 5.82 Å². The second kappa shape index (κ2) is 6.53. The molecule has 0 unspecified atom stereocenters. The first-order valence-electron chi connectivity index (χ1n) is 8.24. The second-order valence-corrected chi connectivity index (χ2v) is 6.11. The monoisotopic (exact) mass is 322 g/mol. The van der Waals surface area contributed by atoms with Gasteiger partial charge in [-0.2, -0.15) is 0 Å². The molecule has 3 aromatic rings. The summed E-state index contributed by atoms with van der Waals surface area (Å²) in [4.78, 5) is 11.2. The van der Waals surface area contributed by atoms with Crippen LogP contribution in [0.1, 0.15) is 30.1 Å². The first-order chi connectivity index (χ1) is 11.8. The molecule has 4 nitrogen and oxygen atoms in total. The Balaban J connectivity index is 1.59. The summed E-state index contributed by atoms with van der Waals surface area (Å²) in [6.45, 7) is 1.59. The summed E-state index contributed by atoms with van der Waals surface area (Å²) in [6.07, 6.45) is 7.54. The molecule has 1 atom stereocenters. The molecule has 0 saturated carbocycles. The maximum Gasteiger partial charge on any atom is 0.138 e. The average molecular weight is 322 g/mol. The molecule has 122 valence electrons. The summed E-state index contributed by atoms with van der Waals surface area (Å²) < 4.78 is 15.9. The number of benzene rings is 1. The molecular weight excluding hydrogens is 303 g/mol. The van der Waals surface area contributed by atoms with Crippen molar-refractivity contribution in [3.63, 3.8) is 0 Å². The van der Waals surface area contributed by atoms with Gasteiger partial charge in [0, 0.05) is 24.5 Å². The van der Waals surface area contributed by atoms with Gasteiger partial charge in [-0.25, -0.2) is 14.4 Å². The molecule has 1 aliphatic heterocycles. The molecule has 0 aliphatic carbocycles. The summed E-state index contributed by atoms with van der Waals surface area (Å²) in [5, 5.41) is 0. The third kappa shape index (κ3) is 2.95. The Kier molecular flexibility index (Phi) is 4.09. The van der Waals surface area contributed by atoms with E-state index in [4.69, 9.17) is 4.98 Å². The molecule has 1 saturated heterocycles. The lowest BCUT2D eigenvalue weighted by atomic mass is 10.1. The second-order valence-electron chi connectivity index (χ2n) is 6.11. The van der Waals surface area contributed by atoms with Gasteiger partial charge in [0.05, 0.1) is 11.7 Å². The predicted molar refractivity (Wildman–Crippen MR) is 90.1 cm³/mol. The number of halogens is 1. The number of hydrogen-bond acceptors (Lipinski definition) is 3. The van der Waals surface area contributed by atoms with Gasteiger partial charge in [-0.1, -0.05) is 24.3 Å². The minimum atomic E-state index is -0.136. The van der Waals surface area contributed by atoms with Gasteiger partial charge in [0.2, 0.25) is 0 Å². The first-order valence-corrected chi connectivity index (χ1v) is 8.24. The largest absolute Gasteiger partial charge is 0.291 e. The van der Waals surface area contributed by atoms with Gasteiger partial charge < -0.3 is 0 Å². The van der Waals surface area contributed by atoms with E-state index in [0.29, 0.717) is 6.54 Å². The molecule has 5 heteroatoms. The van der Waals surface area contributed by atoms with E-state index in [9.17, 15) is 4.39 Å². The Morgan fingerprint density at radius 3 is 2.88 bits per heavy atom. The van der Waals surface area contributed by atoms with Crippen molar-refractivity contribution in [3.05, 3.63) is 78.3 Å². The van der Waals surface area contributed by atoms with Crippen LogP contribution in [0.3, 0.4) is 0 Å². The summed E-state index contributed by atoms with van der Waals surface area (Å²) in [5.74, 6) is 0.728. The summed E-state index contributed by atoms with van der Waals surface area (Å²) in [5.41, 5.74) is 1.78. The normalized spacial score (nSPS) is 18.1. The number of rotatable bonds is 4. The summed E-state index contributed by atoms with van der Waals surface area (Å²) in [6, 6.07) is 13.3. The fourth-order valence-corrected chi connectivity index (χ4v) is 3.36. The van der Waals surface area contributed by atoms with E-state index in [-0.39, 0.29) is 11.9 Å². The smallest absolute Gasteiger partial charge is 0.138 e. The van der Waals surface area contributed by atoms with Crippen LogP contribution in [-0.2, 0) is 6.54 Å². The number of nitrogens with zero attached hydrogens (tertiary/aromatic N) is 4. The minimum Gasteiger partial charge on any atom is -0.291 e. The van der Waals surface area contributed by atoms with Crippen LogP contribution in [0.15, 0.2) is 61.2 Å². The van der Waals surface area contributed by atoms with Crippen molar-refractivity contribution < 1.29 is 4.39 Å². The third-order valence-corrected chi connectivity index (χ3v) is 4.56. The van der Waals surface area contributed by atoms with Crippen LogP contribution >= 0.6 is 0 Å². The molecule has 1 aliphatic rings. The zero-order valence-electron chi connectivity index (χ0n) is 13.3. The topological polar surface area (TPSA) is 34.0 Å². The molecule has 4 rings (SSSR count). The van der Waals surface area contributed by atoms with Gasteiger partial charge in [-0.3, -0.25) is 9.47 Å². The zero-order valence-corrected chi connectivity index (χ0v) is 13.3. The average Bonchev–Trinajstić information content (AvgIpc) is 3.29. The number of likely N-dealkylation sites (tertiary alicyclic amines) is 1. The highest BCUT2D eigenvalue weighted by Crippen LogP contribution is 2.32. The number of imidazole rings is 1. The van der Waals surface area contributed by atoms with Crippen molar-refractivity contribution in [2.24, 2.45) is 0 Å². The molecule has 0 radical (unpaired) electrons. The Morgan fingerprint density at radius 1 is 1.12 bits per heavy atom. The van der Waals surface area contributed by atoms with Crippen LogP contribution in [0.5, 0.6) is 0 Å². The molecular formula is C19H19FN4. The molecule has 0 bridgehead atoms. The summed E-state index contributed by atoms with van der Waals surface area (Å²) >= 11 is 0. The Hall–Kier alpha value is -2.53. The van der Waals surface area contributed by atoms with E-state index in [2.05, 4.69) is 16.0 Å². The van der Waals surface area contributed by atoms with Crippen LogP contribution in [0.4, 0.5) is 4.39 Å². The third-order valence-electron chi connectivity index (χ3n) is 4.56. The molecule has 1 aromatic carbocycles. The molecule has 0 amide bonds. The standard InChI is InChI=1S/C19H19FN4/c20-16-6-2-1-5-15(16)13-23-11-4-8-18(23)17-7-3-9-19(22-17)24-12-10-21-14-24/h1-3,5-7,9-10,12,14,18H,4,8,11,13H2/t18-/m1/s1. The molecule has 0 N–H and O–H groups in total. The van der Waals surface area contributed by atoms with Crippen LogP contribution < -0.4 is 0 Å². The highest BCUT2D eigenvalue weighted by atomic mass is 19.1. The van der Waals surface area contributed by atoms with Crippen molar-refractivity contribution >= 4 is 0 Å². The van der Waals surface area contributed by atoms with Gasteiger partial charge in [-0.15, -0.1) is 0 Å². The van der Waals surface area contributed by atoms with Crippen molar-refractivity contribution in [2.45, 2.75) is 25.4 Å². The molecule has 1 fully saturated rings. The SMILES string of the molecule is Fc1ccccc1CN1CCC[C@@H]1c1cccc(-n2ccnc2)n1. The first kappa shape index (κ1) is 15.0. The van der Waals surface area contributed by atoms with E-state index in [1.165, 1.54) is 6.07 Å². The molecule has 24 heavy (non-hydrogen) atoms. The van der Waals surface area contributed by atoms with E-state index in [1.54, 1.807) is 18.6 Å². The Morgan fingerprint density at radius 2 is 2.04 bits per heavy atom. The van der Waals surface area contributed by atoms with Gasteiger partial charge in [0.1, 0.15) is 18.0 Å². The molecule has 3 heterocycles. The van der Waals surface area contributed by atoms with Crippen LogP contribution in [-0.4, -0.2) is 26.0 Å². The van der Waals surface area contributed by atoms with E-state index in [0.717, 1.165) is 36.5 Å². The lowest BCUT2D eigenvalue weighted by Gasteiger charge is -2.24. The van der Waals surface area contributed by atoms with E-state index >= 15 is 0 Å². The van der Waals surface area contributed by atoms with E-state index < -0.39 is 0 Å². The molecule has 0 spiro atoms. The van der Waals surface area contributed by atoms with Crippen molar-refractivity contribution in [2.75, 3.05) is 6.54 Å². The minimum absolute atomic E-state index is 0.136. The van der Waals surface area contributed by atoms with Gasteiger partial charge >= 0.3 is 0 Å². The van der Waals surface area contributed by atoms with Gasteiger partial charge in [0.15, 0.2) is 0 Å². The maximum absolute atomic E-state index is 14.0. The Labute approximate surface area is 140 Å². The predicted octanol–water partition coefficient (Wildman–Crippen LogP) is 3.74. The fraction of sp³-hybridized carbons (Fsp3) is 0.263. The fourth-order valence-electron chi connectivity index (χ4n) is 3.36. The number of pyridine rings is 1. The summed E-state index contributed by atoms with van der Waals surface area (Å²) in [7, 11) is 0. The zero-order chi connectivity index (χ0) is 16.4. The van der Waals surface area contributed by atoms with Gasteiger partial charge in [0.25, 0.3) is 0 Å².